The topological polar surface area (TPSA) is 90.7 Å². The predicted octanol–water partition coefficient (Wildman–Crippen LogP) is 0.0857. The summed E-state index contributed by atoms with van der Waals surface area (Å²) in [5, 5.41) is 2.86. The van der Waals surface area contributed by atoms with Crippen molar-refractivity contribution < 1.29 is 27.0 Å². The summed E-state index contributed by atoms with van der Waals surface area (Å²) in [5.41, 5.74) is 9.61. The van der Waals surface area contributed by atoms with Gasteiger partial charge < -0.3 is 16.3 Å². The number of hydrogen-bond acceptors (Lipinski definition) is 3. The minimum absolute atomic E-state index is 0. The Morgan fingerprint density at radius 3 is 2.00 bits per heavy atom. The molecule has 0 aliphatic heterocycles. The van der Waals surface area contributed by atoms with Crippen LogP contribution in [0.2, 0.25) is 0 Å². The van der Waals surface area contributed by atoms with Gasteiger partial charge >= 0.3 is 5.97 Å². The number of carbonyl (C=O) groups excluding carboxylic acids is 1. The quantitative estimate of drug-likeness (QED) is 0.233. The molecule has 0 atom stereocenters. The maximum atomic E-state index is 10.5. The monoisotopic (exact) mass is 271 g/mol. The van der Waals surface area contributed by atoms with E-state index in [1.807, 2.05) is 0 Å². The molecule has 0 aromatic rings. The van der Waals surface area contributed by atoms with Crippen LogP contribution in [0.4, 0.5) is 0 Å². The van der Waals surface area contributed by atoms with E-state index in [2.05, 4.69) is 9.99 Å². The summed E-state index contributed by atoms with van der Waals surface area (Å²) in [6.45, 7) is 0. The van der Waals surface area contributed by atoms with Gasteiger partial charge in [0.25, 0.3) is 3.79 Å². The molecule has 0 aliphatic carbocycles. The average molecular weight is 272 g/mol. The van der Waals surface area contributed by atoms with E-state index in [0.717, 1.165) is 0 Å². The molecule has 0 amide bonds. The number of oxime groups is 1. The number of nitrogens with zero attached hydrogens (tertiary/aromatic N) is 1. The van der Waals surface area contributed by atoms with Crippen molar-refractivity contribution in [3.8, 4) is 0 Å². The zero-order chi connectivity index (χ0) is 9.07. The average Bonchev–Trinajstić information content (AvgIpc) is 1.80. The van der Waals surface area contributed by atoms with Gasteiger partial charge in [-0.2, -0.15) is 0 Å². The maximum Gasteiger partial charge on any atom is 0.386 e. The third-order valence-corrected chi connectivity index (χ3v) is 0.928. The molecule has 4 N–H and O–H groups in total. The van der Waals surface area contributed by atoms with Gasteiger partial charge in [0.15, 0.2) is 0 Å². The van der Waals surface area contributed by atoms with Crippen LogP contribution in [0, 0.1) is 0 Å². The maximum absolute atomic E-state index is 10.5. The second-order valence-corrected chi connectivity index (χ2v) is 3.67. The van der Waals surface area contributed by atoms with Gasteiger partial charge in [-0.25, -0.2) is 4.79 Å². The van der Waals surface area contributed by atoms with E-state index in [9.17, 15) is 4.79 Å². The molecule has 0 saturated heterocycles. The summed E-state index contributed by atoms with van der Waals surface area (Å²) in [7, 11) is 0. The molecule has 0 radical (unpaired) electrons. The van der Waals surface area contributed by atoms with Crippen molar-refractivity contribution in [2.24, 2.45) is 16.6 Å². The number of halogens is 3. The second-order valence-electron chi connectivity index (χ2n) is 1.39. The molecule has 0 aromatic carbocycles. The molecule has 0 rings (SSSR count). The van der Waals surface area contributed by atoms with E-state index in [-0.39, 0.29) is 17.4 Å². The van der Waals surface area contributed by atoms with Gasteiger partial charge in [-0.3, -0.25) is 0 Å². The Bertz CT molecular complexity index is 188. The largest absolute Gasteiger partial charge is 0.386 e. The van der Waals surface area contributed by atoms with Crippen molar-refractivity contribution >= 4 is 46.7 Å². The van der Waals surface area contributed by atoms with Crippen molar-refractivity contribution in [2.45, 2.75) is 3.79 Å². The molecular weight excluding hydrogens is 268 g/mol. The van der Waals surface area contributed by atoms with Gasteiger partial charge in [-0.05, 0) is 5.16 Å². The molecule has 0 bridgehead atoms. The minimum atomic E-state index is -2.17. The van der Waals surface area contributed by atoms with Crippen LogP contribution < -0.4 is 11.5 Å². The molecule has 0 fully saturated rings. The summed E-state index contributed by atoms with van der Waals surface area (Å²) in [5.74, 6) is -1.61. The molecule has 5 nitrogen and oxygen atoms in total. The van der Waals surface area contributed by atoms with Crippen LogP contribution in [0.15, 0.2) is 5.16 Å². The first-order chi connectivity index (χ1) is 4.84. The van der Waals surface area contributed by atoms with E-state index in [1.54, 1.807) is 0 Å². The Labute approximate surface area is 94.1 Å². The molecule has 12 heavy (non-hydrogen) atoms. The van der Waals surface area contributed by atoms with Crippen molar-refractivity contribution in [2.75, 3.05) is 0 Å². The van der Waals surface area contributed by atoms with Crippen molar-refractivity contribution in [3.05, 3.63) is 0 Å². The summed E-state index contributed by atoms with van der Waals surface area (Å²) >= 11 is 15.2. The Kier molecular flexibility index (Phi) is 7.00. The molecule has 0 aliphatic rings. The third-order valence-electron chi connectivity index (χ3n) is 0.465. The zero-order valence-electron chi connectivity index (χ0n) is 5.46. The van der Waals surface area contributed by atoms with Crippen LogP contribution in [-0.2, 0) is 27.0 Å². The minimum Gasteiger partial charge on any atom is -0.367 e. The van der Waals surface area contributed by atoms with Gasteiger partial charge in [0.05, 0.1) is 0 Å². The fraction of sp³-hybridized carbons (Fsp3) is 0.333. The first-order valence-electron chi connectivity index (χ1n) is 2.21. The third kappa shape index (κ3) is 6.83. The molecule has 0 unspecified atom stereocenters. The molecule has 0 aromatic heterocycles. The Morgan fingerprint density at radius 2 is 1.75 bits per heavy atom. The van der Waals surface area contributed by atoms with Crippen LogP contribution in [0.5, 0.6) is 0 Å². The predicted molar refractivity (Wildman–Crippen MR) is 42.2 cm³/mol. The fourth-order valence-corrected chi connectivity index (χ4v) is 0.249. The Morgan fingerprint density at radius 1 is 1.33 bits per heavy atom. The van der Waals surface area contributed by atoms with Gasteiger partial charge in [0.2, 0.25) is 5.96 Å². The molecule has 70 valence electrons. The van der Waals surface area contributed by atoms with Crippen molar-refractivity contribution in [1.82, 2.24) is 0 Å². The SMILES string of the molecule is NC(N)=NOC(=O)C(Cl)(Cl)Cl.[Cr]. The van der Waals surface area contributed by atoms with E-state index >= 15 is 0 Å². The molecule has 0 heterocycles. The van der Waals surface area contributed by atoms with Gasteiger partial charge in [0.1, 0.15) is 0 Å². The molecule has 9 heteroatoms. The van der Waals surface area contributed by atoms with Gasteiger partial charge in [-0.15, -0.1) is 0 Å². The summed E-state index contributed by atoms with van der Waals surface area (Å²) < 4.78 is -2.17. The first-order valence-corrected chi connectivity index (χ1v) is 3.34. The van der Waals surface area contributed by atoms with Crippen molar-refractivity contribution in [3.63, 3.8) is 0 Å². The number of nitrogens with two attached hydrogens (primary N) is 2. The van der Waals surface area contributed by atoms with Gasteiger partial charge in [0, 0.05) is 17.4 Å². The van der Waals surface area contributed by atoms with Gasteiger partial charge in [-0.1, -0.05) is 34.8 Å². The van der Waals surface area contributed by atoms with E-state index in [0.29, 0.717) is 0 Å². The normalized spacial score (nSPS) is 9.58. The number of alkyl halides is 3. The standard InChI is InChI=1S/C3H4Cl3N3O2.Cr/c4-3(5,6)1(10)11-9-2(7)8;/h(H4,7,8,9);. The second kappa shape index (κ2) is 5.73. The van der Waals surface area contributed by atoms with Crippen LogP contribution in [-0.4, -0.2) is 15.7 Å². The summed E-state index contributed by atoms with van der Waals surface area (Å²) in [4.78, 5) is 14.5. The zero-order valence-corrected chi connectivity index (χ0v) is 9.00. The summed E-state index contributed by atoms with van der Waals surface area (Å²) in [6, 6.07) is 0. The van der Waals surface area contributed by atoms with Crippen LogP contribution in [0.3, 0.4) is 0 Å². The fourth-order valence-electron chi connectivity index (χ4n) is 0.146. The number of rotatable bonds is 1. The first kappa shape index (κ1) is 14.7. The van der Waals surface area contributed by atoms with Crippen LogP contribution in [0.25, 0.3) is 0 Å². The van der Waals surface area contributed by atoms with Crippen LogP contribution >= 0.6 is 34.8 Å². The number of carbonyl (C=O) groups is 1. The smallest absolute Gasteiger partial charge is 0.367 e. The molecule has 0 saturated carbocycles. The summed E-state index contributed by atoms with van der Waals surface area (Å²) in [6.07, 6.45) is 0. The Balaban J connectivity index is 0. The van der Waals surface area contributed by atoms with E-state index in [4.69, 9.17) is 46.3 Å². The number of guanidine groups is 1. The molecule has 0 spiro atoms. The van der Waals surface area contributed by atoms with E-state index < -0.39 is 15.7 Å². The van der Waals surface area contributed by atoms with Crippen LogP contribution in [0.1, 0.15) is 0 Å². The van der Waals surface area contributed by atoms with E-state index in [1.165, 1.54) is 0 Å². The molecular formula is C3H4Cl3CrN3O2. The van der Waals surface area contributed by atoms with Crippen molar-refractivity contribution in [1.29, 1.82) is 0 Å². The number of hydrogen-bond donors (Lipinski definition) is 2. The Hall–Kier alpha value is 0.142.